The molecule has 1 aliphatic carbocycles. The van der Waals surface area contributed by atoms with Crippen molar-refractivity contribution in [1.29, 1.82) is 0 Å². The number of rotatable bonds is 5. The Kier molecular flexibility index (Phi) is 4.53. The van der Waals surface area contributed by atoms with Crippen LogP contribution in [-0.2, 0) is 24.4 Å². The molecule has 2 heterocycles. The van der Waals surface area contributed by atoms with Gasteiger partial charge in [-0.1, -0.05) is 22.9 Å². The standard InChI is InChI=1S/C19H24N4O2/c1-14-4-2-5-16(10-14)19(24)22-8-3-9-23-18(11-22)17(20-21-23)13-25-12-15-6-7-15/h2,4-5,10,15H,3,6-9,11-13H2,1H3. The molecule has 0 unspecified atom stereocenters. The maximum absolute atomic E-state index is 12.9. The van der Waals surface area contributed by atoms with Crippen LogP contribution in [0, 0.1) is 12.8 Å². The smallest absolute Gasteiger partial charge is 0.254 e. The molecule has 1 saturated carbocycles. The Morgan fingerprint density at radius 2 is 2.20 bits per heavy atom. The summed E-state index contributed by atoms with van der Waals surface area (Å²) in [6.07, 6.45) is 3.44. The lowest BCUT2D eigenvalue weighted by atomic mass is 10.1. The van der Waals surface area contributed by atoms with Gasteiger partial charge < -0.3 is 9.64 Å². The molecule has 2 aliphatic rings. The highest BCUT2D eigenvalue weighted by Crippen LogP contribution is 2.29. The van der Waals surface area contributed by atoms with E-state index in [1.807, 2.05) is 40.8 Å². The van der Waals surface area contributed by atoms with Gasteiger partial charge in [0.2, 0.25) is 0 Å². The number of amides is 1. The minimum Gasteiger partial charge on any atom is -0.375 e. The van der Waals surface area contributed by atoms with Crippen LogP contribution in [0.4, 0.5) is 0 Å². The van der Waals surface area contributed by atoms with Crippen molar-refractivity contribution in [2.45, 2.75) is 45.9 Å². The van der Waals surface area contributed by atoms with Gasteiger partial charge in [0, 0.05) is 25.3 Å². The van der Waals surface area contributed by atoms with Gasteiger partial charge in [-0.15, -0.1) is 5.10 Å². The normalized spacial score (nSPS) is 17.2. The molecule has 1 fully saturated rings. The highest BCUT2D eigenvalue weighted by molar-refractivity contribution is 5.94. The third-order valence-electron chi connectivity index (χ3n) is 4.90. The molecule has 6 heteroatoms. The second-order valence-electron chi connectivity index (χ2n) is 7.11. The van der Waals surface area contributed by atoms with Crippen LogP contribution in [0.1, 0.15) is 46.6 Å². The number of nitrogens with zero attached hydrogens (tertiary/aromatic N) is 4. The summed E-state index contributed by atoms with van der Waals surface area (Å²) in [5, 5.41) is 8.55. The van der Waals surface area contributed by atoms with Gasteiger partial charge in [0.25, 0.3) is 5.91 Å². The Morgan fingerprint density at radius 3 is 3.00 bits per heavy atom. The van der Waals surface area contributed by atoms with Crippen molar-refractivity contribution < 1.29 is 9.53 Å². The number of fused-ring (bicyclic) bond motifs is 1. The molecule has 1 aromatic carbocycles. The molecule has 132 valence electrons. The third kappa shape index (κ3) is 3.74. The fraction of sp³-hybridized carbons (Fsp3) is 0.526. The average molecular weight is 340 g/mol. The topological polar surface area (TPSA) is 60.2 Å². The van der Waals surface area contributed by atoms with E-state index in [1.165, 1.54) is 12.8 Å². The number of ether oxygens (including phenoxy) is 1. The molecule has 25 heavy (non-hydrogen) atoms. The van der Waals surface area contributed by atoms with Crippen molar-refractivity contribution >= 4 is 5.91 Å². The number of hydrogen-bond donors (Lipinski definition) is 0. The Balaban J connectivity index is 1.49. The molecule has 6 nitrogen and oxygen atoms in total. The van der Waals surface area contributed by atoms with Crippen LogP contribution < -0.4 is 0 Å². The Labute approximate surface area is 147 Å². The van der Waals surface area contributed by atoms with Gasteiger partial charge in [0.15, 0.2) is 0 Å². The number of carbonyl (C=O) groups is 1. The lowest BCUT2D eigenvalue weighted by Gasteiger charge is -2.20. The van der Waals surface area contributed by atoms with Gasteiger partial charge >= 0.3 is 0 Å². The van der Waals surface area contributed by atoms with Gasteiger partial charge in [0.1, 0.15) is 5.69 Å². The second-order valence-corrected chi connectivity index (χ2v) is 7.11. The minimum atomic E-state index is 0.0724. The summed E-state index contributed by atoms with van der Waals surface area (Å²) in [5.74, 6) is 0.803. The molecule has 2 aromatic rings. The largest absolute Gasteiger partial charge is 0.375 e. The summed E-state index contributed by atoms with van der Waals surface area (Å²) in [6, 6.07) is 7.77. The Hall–Kier alpha value is -2.21. The number of benzene rings is 1. The summed E-state index contributed by atoms with van der Waals surface area (Å²) in [4.78, 5) is 14.8. The monoisotopic (exact) mass is 340 g/mol. The van der Waals surface area contributed by atoms with E-state index >= 15 is 0 Å². The molecule has 0 atom stereocenters. The average Bonchev–Trinajstić information content (AvgIpc) is 3.39. The van der Waals surface area contributed by atoms with Crippen molar-refractivity contribution in [3.8, 4) is 0 Å². The zero-order chi connectivity index (χ0) is 17.2. The summed E-state index contributed by atoms with van der Waals surface area (Å²) in [7, 11) is 0. The molecule has 0 radical (unpaired) electrons. The van der Waals surface area contributed by atoms with E-state index in [4.69, 9.17) is 4.74 Å². The third-order valence-corrected chi connectivity index (χ3v) is 4.90. The van der Waals surface area contributed by atoms with E-state index in [-0.39, 0.29) is 5.91 Å². The van der Waals surface area contributed by atoms with Gasteiger partial charge in [-0.2, -0.15) is 0 Å². The zero-order valence-electron chi connectivity index (χ0n) is 14.6. The first-order valence-electron chi connectivity index (χ1n) is 9.05. The maximum Gasteiger partial charge on any atom is 0.254 e. The lowest BCUT2D eigenvalue weighted by Crippen LogP contribution is -2.31. The van der Waals surface area contributed by atoms with E-state index in [0.717, 1.165) is 54.5 Å². The van der Waals surface area contributed by atoms with Crippen LogP contribution in [-0.4, -0.2) is 39.0 Å². The van der Waals surface area contributed by atoms with Crippen LogP contribution in [0.3, 0.4) is 0 Å². The van der Waals surface area contributed by atoms with Crippen LogP contribution in [0.2, 0.25) is 0 Å². The van der Waals surface area contributed by atoms with E-state index < -0.39 is 0 Å². The molecule has 0 saturated heterocycles. The van der Waals surface area contributed by atoms with Crippen LogP contribution in [0.5, 0.6) is 0 Å². The summed E-state index contributed by atoms with van der Waals surface area (Å²) >= 11 is 0. The van der Waals surface area contributed by atoms with Gasteiger partial charge in [-0.05, 0) is 44.2 Å². The Bertz CT molecular complexity index is 767. The molecule has 0 N–H and O–H groups in total. The SMILES string of the molecule is Cc1cccc(C(=O)N2CCCn3nnc(COCC4CC4)c3C2)c1. The van der Waals surface area contributed by atoms with Gasteiger partial charge in [-0.3, -0.25) is 4.79 Å². The first-order valence-corrected chi connectivity index (χ1v) is 9.05. The summed E-state index contributed by atoms with van der Waals surface area (Å²) < 4.78 is 7.72. The highest BCUT2D eigenvalue weighted by Gasteiger charge is 2.25. The zero-order valence-corrected chi connectivity index (χ0v) is 14.6. The second kappa shape index (κ2) is 6.96. The molecule has 4 rings (SSSR count). The summed E-state index contributed by atoms with van der Waals surface area (Å²) in [6.45, 7) is 5.37. The van der Waals surface area contributed by atoms with E-state index in [2.05, 4.69) is 10.3 Å². The molecule has 0 spiro atoms. The molecular formula is C19H24N4O2. The van der Waals surface area contributed by atoms with Crippen LogP contribution in [0.25, 0.3) is 0 Å². The first-order chi connectivity index (χ1) is 12.2. The Morgan fingerprint density at radius 1 is 1.32 bits per heavy atom. The quantitative estimate of drug-likeness (QED) is 0.839. The highest BCUT2D eigenvalue weighted by atomic mass is 16.5. The van der Waals surface area contributed by atoms with E-state index in [9.17, 15) is 4.79 Å². The van der Waals surface area contributed by atoms with Crippen molar-refractivity contribution in [2.24, 2.45) is 5.92 Å². The number of aromatic nitrogens is 3. The number of carbonyl (C=O) groups excluding carboxylic acids is 1. The van der Waals surface area contributed by atoms with Crippen LogP contribution in [0.15, 0.2) is 24.3 Å². The fourth-order valence-electron chi connectivity index (χ4n) is 3.25. The lowest BCUT2D eigenvalue weighted by molar-refractivity contribution is 0.0741. The van der Waals surface area contributed by atoms with Crippen molar-refractivity contribution in [3.05, 3.63) is 46.8 Å². The number of aryl methyl sites for hydroxylation is 2. The summed E-state index contributed by atoms with van der Waals surface area (Å²) in [5.41, 5.74) is 3.72. The molecule has 1 aromatic heterocycles. The van der Waals surface area contributed by atoms with Gasteiger partial charge in [-0.25, -0.2) is 4.68 Å². The maximum atomic E-state index is 12.9. The predicted octanol–water partition coefficient (Wildman–Crippen LogP) is 2.56. The van der Waals surface area contributed by atoms with Crippen molar-refractivity contribution in [3.63, 3.8) is 0 Å². The van der Waals surface area contributed by atoms with Crippen LogP contribution >= 0.6 is 0 Å². The fourth-order valence-corrected chi connectivity index (χ4v) is 3.25. The first kappa shape index (κ1) is 16.3. The number of hydrogen-bond acceptors (Lipinski definition) is 4. The molecule has 0 bridgehead atoms. The van der Waals surface area contributed by atoms with E-state index in [0.29, 0.717) is 13.2 Å². The van der Waals surface area contributed by atoms with E-state index in [1.54, 1.807) is 0 Å². The van der Waals surface area contributed by atoms with Crippen molar-refractivity contribution in [2.75, 3.05) is 13.2 Å². The molecule has 1 amide bonds. The molecular weight excluding hydrogens is 316 g/mol. The van der Waals surface area contributed by atoms with Crippen molar-refractivity contribution in [1.82, 2.24) is 19.9 Å². The predicted molar refractivity (Wildman–Crippen MR) is 92.9 cm³/mol. The minimum absolute atomic E-state index is 0.0724. The van der Waals surface area contributed by atoms with Gasteiger partial charge in [0.05, 0.1) is 18.8 Å². The molecule has 1 aliphatic heterocycles.